The largest absolute Gasteiger partial charge is 0.446 e. The van der Waals surface area contributed by atoms with Crippen LogP contribution in [0.25, 0.3) is 0 Å². The number of amides is 1. The lowest BCUT2D eigenvalue weighted by atomic mass is 9.95. The Morgan fingerprint density at radius 3 is 1.87 bits per heavy atom. The van der Waals surface area contributed by atoms with E-state index < -0.39 is 5.60 Å². The molecule has 0 saturated carbocycles. The SMILES string of the molecule is CCCCCCCCCCCCCCCCCCNC(=O)OCC1(COCCCCN(C)C)CCCCO1. The van der Waals surface area contributed by atoms with Gasteiger partial charge in [0.15, 0.2) is 0 Å². The van der Waals surface area contributed by atoms with Crippen LogP contribution in [0, 0.1) is 0 Å². The molecule has 0 aromatic carbocycles. The highest BCUT2D eigenvalue weighted by Gasteiger charge is 2.35. The first kappa shape index (κ1) is 35.2. The van der Waals surface area contributed by atoms with Gasteiger partial charge in [-0.2, -0.15) is 0 Å². The van der Waals surface area contributed by atoms with Gasteiger partial charge < -0.3 is 24.4 Å². The number of hydrogen-bond acceptors (Lipinski definition) is 5. The van der Waals surface area contributed by atoms with E-state index in [4.69, 9.17) is 14.2 Å². The second-order valence-electron chi connectivity index (χ2n) is 11.9. The van der Waals surface area contributed by atoms with Gasteiger partial charge in [0.1, 0.15) is 12.2 Å². The van der Waals surface area contributed by atoms with Crippen molar-refractivity contribution in [3.8, 4) is 0 Å². The molecule has 1 atom stereocenters. The van der Waals surface area contributed by atoms with E-state index in [1.807, 2.05) is 0 Å². The number of hydrogen-bond donors (Lipinski definition) is 1. The highest BCUT2D eigenvalue weighted by atomic mass is 16.6. The predicted octanol–water partition coefficient (Wildman–Crippen LogP) is 8.27. The van der Waals surface area contributed by atoms with Crippen molar-refractivity contribution >= 4 is 6.09 Å². The van der Waals surface area contributed by atoms with Crippen molar-refractivity contribution in [3.05, 3.63) is 0 Å². The lowest BCUT2D eigenvalue weighted by Gasteiger charge is -2.36. The van der Waals surface area contributed by atoms with Gasteiger partial charge in [-0.1, -0.05) is 103 Å². The van der Waals surface area contributed by atoms with Crippen molar-refractivity contribution in [2.75, 3.05) is 53.6 Å². The number of ether oxygens (including phenoxy) is 3. The van der Waals surface area contributed by atoms with Crippen LogP contribution < -0.4 is 5.32 Å². The predicted molar refractivity (Wildman–Crippen MR) is 160 cm³/mol. The average Bonchev–Trinajstić information content (AvgIpc) is 2.91. The summed E-state index contributed by atoms with van der Waals surface area (Å²) in [5, 5.41) is 2.92. The molecule has 1 aliphatic rings. The maximum atomic E-state index is 12.2. The Morgan fingerprint density at radius 1 is 0.763 bits per heavy atom. The smallest absolute Gasteiger partial charge is 0.407 e. The number of carbonyl (C=O) groups is 1. The fraction of sp³-hybridized carbons (Fsp3) is 0.969. The van der Waals surface area contributed by atoms with E-state index in [9.17, 15) is 4.79 Å². The van der Waals surface area contributed by atoms with Crippen LogP contribution in [0.4, 0.5) is 4.79 Å². The maximum Gasteiger partial charge on any atom is 0.407 e. The Labute approximate surface area is 236 Å². The number of alkyl carbamates (subject to hydrolysis) is 1. The molecule has 1 saturated heterocycles. The zero-order chi connectivity index (χ0) is 27.6. The molecule has 1 rings (SSSR count). The molecule has 1 fully saturated rings. The van der Waals surface area contributed by atoms with Gasteiger partial charge in [-0.05, 0) is 59.2 Å². The molecule has 1 heterocycles. The fourth-order valence-corrected chi connectivity index (χ4v) is 5.18. The standard InChI is InChI=1S/C32H64N2O4/c1-4-5-6-7-8-9-10-11-12-13-14-15-16-17-18-20-25-33-31(35)37-30-32(24-19-22-28-38-32)29-36-27-23-21-26-34(2)3/h4-30H2,1-3H3,(H,33,35). The number of nitrogens with zero attached hydrogens (tertiary/aromatic N) is 1. The Hall–Kier alpha value is -0.850. The van der Waals surface area contributed by atoms with Gasteiger partial charge in [0.2, 0.25) is 0 Å². The van der Waals surface area contributed by atoms with Gasteiger partial charge in [0.25, 0.3) is 0 Å². The van der Waals surface area contributed by atoms with Crippen LogP contribution in [0.5, 0.6) is 0 Å². The molecule has 0 aromatic heterocycles. The minimum atomic E-state index is -0.481. The van der Waals surface area contributed by atoms with E-state index in [1.165, 1.54) is 96.3 Å². The number of rotatable bonds is 26. The molecular formula is C32H64N2O4. The highest BCUT2D eigenvalue weighted by molar-refractivity contribution is 5.67. The quantitative estimate of drug-likeness (QED) is 0.112. The molecule has 226 valence electrons. The van der Waals surface area contributed by atoms with Crippen molar-refractivity contribution in [1.29, 1.82) is 0 Å². The van der Waals surface area contributed by atoms with E-state index in [2.05, 4.69) is 31.2 Å². The summed E-state index contributed by atoms with van der Waals surface area (Å²) in [4.78, 5) is 14.4. The number of carbonyl (C=O) groups excluding carboxylic acids is 1. The lowest BCUT2D eigenvalue weighted by molar-refractivity contribution is -0.146. The highest BCUT2D eigenvalue weighted by Crippen LogP contribution is 2.26. The summed E-state index contributed by atoms with van der Waals surface area (Å²) >= 11 is 0. The van der Waals surface area contributed by atoms with Gasteiger partial charge in [-0.25, -0.2) is 4.79 Å². The summed E-state index contributed by atoms with van der Waals surface area (Å²) in [5.41, 5.74) is -0.481. The summed E-state index contributed by atoms with van der Waals surface area (Å²) in [6.45, 7) is 6.27. The topological polar surface area (TPSA) is 60.0 Å². The fourth-order valence-electron chi connectivity index (χ4n) is 5.18. The zero-order valence-electron chi connectivity index (χ0n) is 25.7. The van der Waals surface area contributed by atoms with Crippen molar-refractivity contribution in [1.82, 2.24) is 10.2 Å². The van der Waals surface area contributed by atoms with E-state index in [-0.39, 0.29) is 12.7 Å². The summed E-state index contributed by atoms with van der Waals surface area (Å²) < 4.78 is 17.6. The summed E-state index contributed by atoms with van der Waals surface area (Å²) in [6.07, 6.45) is 26.5. The first-order valence-corrected chi connectivity index (χ1v) is 16.3. The lowest BCUT2D eigenvalue weighted by Crippen LogP contribution is -2.46. The molecule has 0 aliphatic carbocycles. The van der Waals surface area contributed by atoms with Gasteiger partial charge >= 0.3 is 6.09 Å². The molecule has 1 unspecified atom stereocenters. The van der Waals surface area contributed by atoms with E-state index in [0.717, 1.165) is 51.7 Å². The van der Waals surface area contributed by atoms with Crippen molar-refractivity contribution in [2.24, 2.45) is 0 Å². The van der Waals surface area contributed by atoms with Gasteiger partial charge in [-0.3, -0.25) is 0 Å². The summed E-state index contributed by atoms with van der Waals surface area (Å²) in [7, 11) is 4.18. The molecule has 1 N–H and O–H groups in total. The van der Waals surface area contributed by atoms with E-state index in [0.29, 0.717) is 19.8 Å². The molecule has 0 aromatic rings. The van der Waals surface area contributed by atoms with Crippen LogP contribution in [0.2, 0.25) is 0 Å². The molecular weight excluding hydrogens is 476 g/mol. The second kappa shape index (κ2) is 25.1. The second-order valence-corrected chi connectivity index (χ2v) is 11.9. The van der Waals surface area contributed by atoms with E-state index >= 15 is 0 Å². The first-order valence-electron chi connectivity index (χ1n) is 16.3. The minimum absolute atomic E-state index is 0.273. The van der Waals surface area contributed by atoms with Crippen LogP contribution >= 0.6 is 0 Å². The molecule has 38 heavy (non-hydrogen) atoms. The molecule has 0 radical (unpaired) electrons. The van der Waals surface area contributed by atoms with Crippen LogP contribution in [0.1, 0.15) is 142 Å². The van der Waals surface area contributed by atoms with E-state index in [1.54, 1.807) is 0 Å². The third-order valence-corrected chi connectivity index (χ3v) is 7.71. The molecule has 0 bridgehead atoms. The van der Waals surface area contributed by atoms with Gasteiger partial charge in [0.05, 0.1) is 6.61 Å². The van der Waals surface area contributed by atoms with Crippen LogP contribution in [0.15, 0.2) is 0 Å². The summed E-state index contributed by atoms with van der Waals surface area (Å²) in [6, 6.07) is 0. The third kappa shape index (κ3) is 21.0. The van der Waals surface area contributed by atoms with Gasteiger partial charge in [-0.15, -0.1) is 0 Å². The number of unbranched alkanes of at least 4 members (excludes halogenated alkanes) is 16. The van der Waals surface area contributed by atoms with Crippen molar-refractivity contribution in [3.63, 3.8) is 0 Å². The monoisotopic (exact) mass is 540 g/mol. The van der Waals surface area contributed by atoms with Crippen LogP contribution in [-0.2, 0) is 14.2 Å². The van der Waals surface area contributed by atoms with Crippen molar-refractivity contribution in [2.45, 2.75) is 147 Å². The average molecular weight is 541 g/mol. The third-order valence-electron chi connectivity index (χ3n) is 7.71. The zero-order valence-corrected chi connectivity index (χ0v) is 25.7. The molecule has 6 heteroatoms. The van der Waals surface area contributed by atoms with Crippen LogP contribution in [-0.4, -0.2) is 70.2 Å². The minimum Gasteiger partial charge on any atom is -0.446 e. The molecule has 6 nitrogen and oxygen atoms in total. The summed E-state index contributed by atoms with van der Waals surface area (Å²) in [5.74, 6) is 0. The van der Waals surface area contributed by atoms with Gasteiger partial charge in [0, 0.05) is 19.8 Å². The Bertz CT molecular complexity index is 524. The molecule has 0 spiro atoms. The first-order chi connectivity index (χ1) is 18.6. The normalized spacial score (nSPS) is 17.7. The Morgan fingerprint density at radius 2 is 1.34 bits per heavy atom. The maximum absolute atomic E-state index is 12.2. The van der Waals surface area contributed by atoms with Crippen LogP contribution in [0.3, 0.4) is 0 Å². The Kier molecular flexibility index (Phi) is 23.3. The Balaban J connectivity index is 1.95. The molecule has 1 aliphatic heterocycles. The number of nitrogens with one attached hydrogen (secondary N) is 1. The van der Waals surface area contributed by atoms with Crippen molar-refractivity contribution < 1.29 is 19.0 Å². The molecule has 1 amide bonds.